The monoisotopic (exact) mass is 852 g/mol. The van der Waals surface area contributed by atoms with Gasteiger partial charge in [-0.1, -0.05) is 27.7 Å². The number of amides is 9. The molecule has 0 saturated carbocycles. The second kappa shape index (κ2) is 25.0. The van der Waals surface area contributed by atoms with E-state index in [2.05, 4.69) is 36.6 Å². The van der Waals surface area contributed by atoms with Gasteiger partial charge in [0.15, 0.2) is 0 Å². The molecule has 1 aromatic rings. The van der Waals surface area contributed by atoms with Gasteiger partial charge in [0, 0.05) is 24.7 Å². The number of H-pyrrole nitrogens is 1. The van der Waals surface area contributed by atoms with E-state index in [1.165, 1.54) is 12.5 Å². The molecule has 334 valence electrons. The first kappa shape index (κ1) is 51.4. The summed E-state index contributed by atoms with van der Waals surface area (Å²) in [6.45, 7) is 7.00. The fraction of sp³-hybridized carbons (Fsp3) is 0.600. The maximum atomic E-state index is 13.9. The summed E-state index contributed by atoms with van der Waals surface area (Å²) in [5.41, 5.74) is 21.9. The number of hydrogen-bond donors (Lipinski definition) is 13. The average Bonchev–Trinajstić information content (AvgIpc) is 3.63. The smallest absolute Gasteiger partial charge is 0.326 e. The predicted molar refractivity (Wildman–Crippen MR) is 207 cm³/mol. The number of primary amides is 3. The van der Waals surface area contributed by atoms with Crippen LogP contribution in [0.2, 0.25) is 0 Å². The predicted octanol–water partition coefficient (Wildman–Crippen LogP) is -5.14. The Kier molecular flexibility index (Phi) is 21.4. The van der Waals surface area contributed by atoms with Crippen molar-refractivity contribution in [1.82, 2.24) is 41.9 Å². The third-order valence-electron chi connectivity index (χ3n) is 8.39. The van der Waals surface area contributed by atoms with Crippen LogP contribution in [0.25, 0.3) is 0 Å². The average molecular weight is 853 g/mol. The Hall–Kier alpha value is -6.66. The number of hydrogen-bond acceptors (Lipinski definition) is 13. The summed E-state index contributed by atoms with van der Waals surface area (Å²) >= 11 is 0. The molecule has 25 nitrogen and oxygen atoms in total. The van der Waals surface area contributed by atoms with Gasteiger partial charge in [-0.25, -0.2) is 9.78 Å². The first-order valence-corrected chi connectivity index (χ1v) is 18.7. The standard InChI is InChI=1S/C35H56N12O13/c1-15(2)7-18(36)29(53)42-19(5-6-28(51)52)30(54)44-21(9-17-13-40-14-41-17)32(56)43-20(8-16(3)4)31(55)45-22(10-25(37)48)33(57)46-23(11-26(38)49)34(58)47-24(35(59)60)12-27(39)50/h13-16,18-24H,5-12,36H2,1-4H3,(H2,37,48)(H2,38,49)(H2,39,50)(H,40,41)(H,42,53)(H,43,56)(H,44,54)(H,45,55)(H,46,57)(H,47,58)(H,51,52)(H,59,60)/t18-,19-,20-,21-,22-,23-,24-/m0/s1. The van der Waals surface area contributed by atoms with Crippen molar-refractivity contribution in [2.75, 3.05) is 0 Å². The van der Waals surface area contributed by atoms with Gasteiger partial charge in [-0.15, -0.1) is 0 Å². The van der Waals surface area contributed by atoms with Crippen molar-refractivity contribution in [1.29, 1.82) is 0 Å². The van der Waals surface area contributed by atoms with Crippen molar-refractivity contribution in [2.45, 2.75) is 121 Å². The molecule has 17 N–H and O–H groups in total. The van der Waals surface area contributed by atoms with Crippen LogP contribution in [0.4, 0.5) is 0 Å². The summed E-state index contributed by atoms with van der Waals surface area (Å²) in [5.74, 6) is -12.9. The van der Waals surface area contributed by atoms with Gasteiger partial charge in [0.25, 0.3) is 0 Å². The van der Waals surface area contributed by atoms with Gasteiger partial charge in [-0.3, -0.25) is 47.9 Å². The van der Waals surface area contributed by atoms with Gasteiger partial charge in [-0.2, -0.15) is 0 Å². The summed E-state index contributed by atoms with van der Waals surface area (Å²) in [6.07, 6.45) is -1.03. The summed E-state index contributed by atoms with van der Waals surface area (Å²) in [4.78, 5) is 145. The Labute approximate surface area is 344 Å². The molecule has 7 atom stereocenters. The van der Waals surface area contributed by atoms with Gasteiger partial charge in [-0.05, 0) is 31.1 Å². The van der Waals surface area contributed by atoms with E-state index in [9.17, 15) is 63.0 Å². The second-order valence-corrected chi connectivity index (χ2v) is 14.8. The van der Waals surface area contributed by atoms with Gasteiger partial charge in [0.05, 0.1) is 31.6 Å². The molecular formula is C35H56N12O13. The highest BCUT2D eigenvalue weighted by Crippen LogP contribution is 2.10. The Morgan fingerprint density at radius 1 is 0.583 bits per heavy atom. The molecule has 0 aromatic carbocycles. The Bertz CT molecular complexity index is 1720. The number of nitrogens with two attached hydrogens (primary N) is 4. The van der Waals surface area contributed by atoms with Crippen molar-refractivity contribution in [3.63, 3.8) is 0 Å². The van der Waals surface area contributed by atoms with Crippen molar-refractivity contribution in [3.8, 4) is 0 Å². The van der Waals surface area contributed by atoms with E-state index in [0.717, 1.165) is 0 Å². The maximum absolute atomic E-state index is 13.9. The van der Waals surface area contributed by atoms with Crippen molar-refractivity contribution < 1.29 is 63.0 Å². The van der Waals surface area contributed by atoms with Crippen LogP contribution in [0.3, 0.4) is 0 Å². The third-order valence-corrected chi connectivity index (χ3v) is 8.39. The van der Waals surface area contributed by atoms with E-state index < -0.39 is 133 Å². The molecule has 0 radical (unpaired) electrons. The van der Waals surface area contributed by atoms with Crippen molar-refractivity contribution >= 4 is 65.1 Å². The molecule has 0 fully saturated rings. The topological polar surface area (TPSA) is 433 Å². The van der Waals surface area contributed by atoms with E-state index in [0.29, 0.717) is 5.69 Å². The molecule has 0 aliphatic rings. The number of nitrogens with zero attached hydrogens (tertiary/aromatic N) is 1. The highest BCUT2D eigenvalue weighted by atomic mass is 16.4. The fourth-order valence-corrected chi connectivity index (χ4v) is 5.54. The molecule has 9 amide bonds. The second-order valence-electron chi connectivity index (χ2n) is 14.8. The molecule has 1 heterocycles. The molecule has 0 bridgehead atoms. The quantitative estimate of drug-likeness (QED) is 0.0375. The molecule has 1 rings (SSSR count). The number of carbonyl (C=O) groups is 11. The first-order valence-electron chi connectivity index (χ1n) is 18.7. The van der Waals surface area contributed by atoms with Gasteiger partial charge in [0.1, 0.15) is 36.3 Å². The van der Waals surface area contributed by atoms with Gasteiger partial charge >= 0.3 is 11.9 Å². The minimum absolute atomic E-state index is 0.00962. The number of carbonyl (C=O) groups excluding carboxylic acids is 9. The SMILES string of the molecule is CC(C)C[C@H](NC(=O)[C@H](Cc1cnc[nH]1)NC(=O)[C@H](CCC(=O)O)NC(=O)[C@@H](N)CC(C)C)C(=O)N[C@@H](CC(N)=O)C(=O)N[C@@H](CC(N)=O)C(=O)N[C@@H](CC(N)=O)C(=O)O. The Morgan fingerprint density at radius 3 is 1.42 bits per heavy atom. The van der Waals surface area contributed by atoms with Gasteiger partial charge in [0.2, 0.25) is 53.2 Å². The summed E-state index contributed by atoms with van der Waals surface area (Å²) in [7, 11) is 0. The third kappa shape index (κ3) is 19.7. The number of carboxylic acid groups (broad SMARTS) is 2. The number of aromatic nitrogens is 2. The van der Waals surface area contributed by atoms with Crippen LogP contribution >= 0.6 is 0 Å². The summed E-state index contributed by atoms with van der Waals surface area (Å²) in [5, 5.41) is 32.4. The molecular weight excluding hydrogens is 796 g/mol. The first-order chi connectivity index (χ1) is 27.9. The zero-order chi connectivity index (χ0) is 45.9. The van der Waals surface area contributed by atoms with Crippen LogP contribution in [0.1, 0.15) is 78.3 Å². The van der Waals surface area contributed by atoms with Crippen LogP contribution in [-0.2, 0) is 59.2 Å². The number of aromatic amines is 1. The van der Waals surface area contributed by atoms with Crippen LogP contribution in [0, 0.1) is 11.8 Å². The lowest BCUT2D eigenvalue weighted by Crippen LogP contribution is -2.60. The summed E-state index contributed by atoms with van der Waals surface area (Å²) in [6, 6.07) is -11.1. The van der Waals surface area contributed by atoms with Gasteiger partial charge < -0.3 is 70.0 Å². The number of nitrogens with one attached hydrogen (secondary N) is 7. The normalized spacial score (nSPS) is 14.5. The molecule has 0 aliphatic heterocycles. The van der Waals surface area contributed by atoms with Crippen LogP contribution < -0.4 is 54.8 Å². The van der Waals surface area contributed by atoms with E-state index in [1.807, 2.05) is 19.2 Å². The van der Waals surface area contributed by atoms with Crippen LogP contribution in [0.15, 0.2) is 12.5 Å². The molecule has 0 unspecified atom stereocenters. The van der Waals surface area contributed by atoms with Crippen LogP contribution in [0.5, 0.6) is 0 Å². The number of rotatable bonds is 28. The molecule has 0 aliphatic carbocycles. The summed E-state index contributed by atoms with van der Waals surface area (Å²) < 4.78 is 0. The van der Waals surface area contributed by atoms with Crippen molar-refractivity contribution in [2.24, 2.45) is 34.8 Å². The minimum Gasteiger partial charge on any atom is -0.481 e. The van der Waals surface area contributed by atoms with Crippen molar-refractivity contribution in [3.05, 3.63) is 18.2 Å². The fourth-order valence-electron chi connectivity index (χ4n) is 5.54. The lowest BCUT2D eigenvalue weighted by atomic mass is 10.0. The molecule has 0 saturated heterocycles. The highest BCUT2D eigenvalue weighted by Gasteiger charge is 2.35. The van der Waals surface area contributed by atoms with E-state index in [1.54, 1.807) is 13.8 Å². The molecule has 1 aromatic heterocycles. The molecule has 60 heavy (non-hydrogen) atoms. The van der Waals surface area contributed by atoms with E-state index in [-0.39, 0.29) is 37.5 Å². The largest absolute Gasteiger partial charge is 0.481 e. The number of aliphatic carboxylic acids is 2. The zero-order valence-electron chi connectivity index (χ0n) is 33.6. The molecule has 25 heteroatoms. The Balaban J connectivity index is 3.43. The zero-order valence-corrected chi connectivity index (χ0v) is 33.6. The van der Waals surface area contributed by atoms with E-state index in [4.69, 9.17) is 22.9 Å². The van der Waals surface area contributed by atoms with Crippen LogP contribution in [-0.4, -0.2) is 128 Å². The number of imidazole rings is 1. The number of carboxylic acids is 2. The lowest BCUT2D eigenvalue weighted by molar-refractivity contribution is -0.144. The minimum atomic E-state index is -1.88. The molecule has 0 spiro atoms. The Morgan fingerprint density at radius 2 is 0.983 bits per heavy atom. The lowest BCUT2D eigenvalue weighted by Gasteiger charge is -2.28. The highest BCUT2D eigenvalue weighted by molar-refractivity contribution is 5.99. The van der Waals surface area contributed by atoms with E-state index >= 15 is 0 Å². The maximum Gasteiger partial charge on any atom is 0.326 e.